The van der Waals surface area contributed by atoms with Crippen LogP contribution in [-0.4, -0.2) is 17.7 Å². The smallest absolute Gasteiger partial charge is 0.387 e. The summed E-state index contributed by atoms with van der Waals surface area (Å²) >= 11 is 0. The van der Waals surface area contributed by atoms with E-state index in [0.717, 1.165) is 6.07 Å². The van der Waals surface area contributed by atoms with Gasteiger partial charge in [-0.1, -0.05) is 6.07 Å². The van der Waals surface area contributed by atoms with Crippen LogP contribution in [0.2, 0.25) is 0 Å². The van der Waals surface area contributed by atoms with E-state index in [1.807, 2.05) is 0 Å². The molecule has 3 N–H and O–H groups in total. The van der Waals surface area contributed by atoms with E-state index in [4.69, 9.17) is 5.41 Å². The summed E-state index contributed by atoms with van der Waals surface area (Å²) in [6.45, 7) is 2.96. The van der Waals surface area contributed by atoms with Crippen molar-refractivity contribution in [3.63, 3.8) is 0 Å². The van der Waals surface area contributed by atoms with Gasteiger partial charge in [0.15, 0.2) is 0 Å². The van der Waals surface area contributed by atoms with E-state index in [1.54, 1.807) is 32.2 Å². The molecule has 0 aliphatic carbocycles. The van der Waals surface area contributed by atoms with Crippen LogP contribution in [-0.2, 0) is 6.18 Å². The van der Waals surface area contributed by atoms with Crippen molar-refractivity contribution in [1.29, 1.82) is 5.41 Å². The molecule has 1 heterocycles. The largest absolute Gasteiger partial charge is 0.416 e. The lowest BCUT2D eigenvalue weighted by Crippen LogP contribution is -2.10. The molecule has 2 aromatic carbocycles. The number of anilines is 3. The third-order valence-corrected chi connectivity index (χ3v) is 4.61. The number of rotatable bonds is 5. The molecule has 8 heteroatoms. The molecular weight excluding hydrogens is 396 g/mol. The fourth-order valence-corrected chi connectivity index (χ4v) is 3.12. The predicted octanol–water partition coefficient (Wildman–Crippen LogP) is 6.39. The van der Waals surface area contributed by atoms with Gasteiger partial charge in [-0.25, -0.2) is 9.37 Å². The Balaban J connectivity index is 2.14. The van der Waals surface area contributed by atoms with E-state index in [1.165, 1.54) is 31.2 Å². The van der Waals surface area contributed by atoms with E-state index in [2.05, 4.69) is 15.6 Å². The molecule has 156 valence electrons. The Hall–Kier alpha value is -3.42. The van der Waals surface area contributed by atoms with Gasteiger partial charge in [-0.05, 0) is 61.9 Å². The van der Waals surface area contributed by atoms with Crippen LogP contribution in [0.5, 0.6) is 0 Å². The number of nitrogens with zero attached hydrogens (tertiary/aromatic N) is 1. The van der Waals surface area contributed by atoms with Crippen LogP contribution in [0, 0.1) is 18.2 Å². The number of aromatic nitrogens is 1. The van der Waals surface area contributed by atoms with Crippen molar-refractivity contribution in [3.8, 4) is 11.3 Å². The van der Waals surface area contributed by atoms with Crippen LogP contribution in [0.4, 0.5) is 34.8 Å². The Labute approximate surface area is 171 Å². The summed E-state index contributed by atoms with van der Waals surface area (Å²) in [5.74, 6) is -0.164. The second-order valence-corrected chi connectivity index (χ2v) is 6.81. The second-order valence-electron chi connectivity index (χ2n) is 6.81. The second kappa shape index (κ2) is 8.14. The van der Waals surface area contributed by atoms with E-state index >= 15 is 0 Å². The van der Waals surface area contributed by atoms with Gasteiger partial charge in [0.25, 0.3) is 0 Å². The normalized spacial score (nSPS) is 11.3. The minimum atomic E-state index is -4.48. The monoisotopic (exact) mass is 416 g/mol. The van der Waals surface area contributed by atoms with Crippen molar-refractivity contribution < 1.29 is 17.6 Å². The van der Waals surface area contributed by atoms with E-state index in [0.29, 0.717) is 22.5 Å². The molecule has 0 saturated carbocycles. The van der Waals surface area contributed by atoms with Gasteiger partial charge in [0.2, 0.25) is 0 Å². The SMILES string of the molecule is CNc1cc(-c2ccc(F)cc2)nc(Nc2ccc(C)c(C(F)(F)F)c2)c1C(C)=N. The summed E-state index contributed by atoms with van der Waals surface area (Å²) in [4.78, 5) is 4.52. The van der Waals surface area contributed by atoms with Gasteiger partial charge in [-0.3, -0.25) is 0 Å². The summed E-state index contributed by atoms with van der Waals surface area (Å²) in [7, 11) is 1.67. The standard InChI is InChI=1S/C22H20F4N4/c1-12-4-9-16(10-17(12)22(24,25)26)29-21-20(13(2)27)19(28-3)11-18(30-21)14-5-7-15(23)8-6-14/h4-11,27H,1-3H3,(H2,28,29,30). The molecule has 0 atom stereocenters. The molecule has 0 bridgehead atoms. The van der Waals surface area contributed by atoms with Crippen molar-refractivity contribution in [2.45, 2.75) is 20.0 Å². The van der Waals surface area contributed by atoms with Gasteiger partial charge in [0.05, 0.1) is 16.8 Å². The molecule has 0 radical (unpaired) electrons. The van der Waals surface area contributed by atoms with Crippen molar-refractivity contribution in [3.05, 3.63) is 71.0 Å². The molecule has 0 amide bonds. The Bertz CT molecular complexity index is 1090. The molecule has 3 rings (SSSR count). The highest BCUT2D eigenvalue weighted by Gasteiger charge is 2.32. The lowest BCUT2D eigenvalue weighted by Gasteiger charge is -2.18. The van der Waals surface area contributed by atoms with Gasteiger partial charge < -0.3 is 16.0 Å². The Morgan fingerprint density at radius 2 is 1.70 bits per heavy atom. The number of alkyl halides is 3. The van der Waals surface area contributed by atoms with Crippen molar-refractivity contribution >= 4 is 22.9 Å². The zero-order valence-electron chi connectivity index (χ0n) is 16.6. The number of hydrogen-bond acceptors (Lipinski definition) is 4. The van der Waals surface area contributed by atoms with Gasteiger partial charge in [0.1, 0.15) is 11.6 Å². The van der Waals surface area contributed by atoms with Gasteiger partial charge >= 0.3 is 6.18 Å². The molecule has 0 aliphatic heterocycles. The molecule has 0 unspecified atom stereocenters. The van der Waals surface area contributed by atoms with Crippen molar-refractivity contribution in [1.82, 2.24) is 4.98 Å². The maximum Gasteiger partial charge on any atom is 0.416 e. The van der Waals surface area contributed by atoms with Crippen LogP contribution in [0.1, 0.15) is 23.6 Å². The molecule has 0 spiro atoms. The highest BCUT2D eigenvalue weighted by molar-refractivity contribution is 6.06. The third kappa shape index (κ3) is 4.42. The van der Waals surface area contributed by atoms with E-state index in [-0.39, 0.29) is 22.8 Å². The highest BCUT2D eigenvalue weighted by atomic mass is 19.4. The Kier molecular flexibility index (Phi) is 5.78. The maximum absolute atomic E-state index is 13.3. The Morgan fingerprint density at radius 3 is 2.27 bits per heavy atom. The average molecular weight is 416 g/mol. The first-order chi connectivity index (χ1) is 14.1. The first-order valence-corrected chi connectivity index (χ1v) is 9.09. The summed E-state index contributed by atoms with van der Waals surface area (Å²) < 4.78 is 53.2. The quantitative estimate of drug-likeness (QED) is 0.334. The van der Waals surface area contributed by atoms with Crippen LogP contribution in [0.25, 0.3) is 11.3 Å². The molecule has 0 aliphatic rings. The van der Waals surface area contributed by atoms with Gasteiger partial charge in [-0.15, -0.1) is 0 Å². The van der Waals surface area contributed by atoms with Gasteiger partial charge in [-0.2, -0.15) is 13.2 Å². The summed E-state index contributed by atoms with van der Waals surface area (Å²) in [5.41, 5.74) is 1.86. The van der Waals surface area contributed by atoms with E-state index < -0.39 is 17.6 Å². The zero-order chi connectivity index (χ0) is 22.1. The number of aryl methyl sites for hydroxylation is 1. The van der Waals surface area contributed by atoms with Crippen LogP contribution in [0.3, 0.4) is 0 Å². The summed E-state index contributed by atoms with van der Waals surface area (Å²) in [6, 6.07) is 11.4. The number of benzene rings is 2. The molecular formula is C22H20F4N4. The lowest BCUT2D eigenvalue weighted by molar-refractivity contribution is -0.138. The maximum atomic E-state index is 13.3. The summed E-state index contributed by atoms with van der Waals surface area (Å²) in [6.07, 6.45) is -4.48. The number of halogens is 4. The van der Waals surface area contributed by atoms with Crippen LogP contribution >= 0.6 is 0 Å². The lowest BCUT2D eigenvalue weighted by atomic mass is 10.0. The molecule has 1 aromatic heterocycles. The number of hydrogen-bond donors (Lipinski definition) is 3. The zero-order valence-corrected chi connectivity index (χ0v) is 16.6. The molecule has 30 heavy (non-hydrogen) atoms. The molecule has 3 aromatic rings. The van der Waals surface area contributed by atoms with E-state index in [9.17, 15) is 17.6 Å². The van der Waals surface area contributed by atoms with Crippen LogP contribution < -0.4 is 10.6 Å². The first kappa shape index (κ1) is 21.3. The number of pyridine rings is 1. The fraction of sp³-hybridized carbons (Fsp3) is 0.182. The third-order valence-electron chi connectivity index (χ3n) is 4.61. The average Bonchev–Trinajstić information content (AvgIpc) is 2.68. The van der Waals surface area contributed by atoms with Crippen molar-refractivity contribution in [2.24, 2.45) is 0 Å². The van der Waals surface area contributed by atoms with Crippen LogP contribution in [0.15, 0.2) is 48.5 Å². The minimum Gasteiger partial charge on any atom is -0.387 e. The van der Waals surface area contributed by atoms with Crippen molar-refractivity contribution in [2.75, 3.05) is 17.7 Å². The molecule has 4 nitrogen and oxygen atoms in total. The van der Waals surface area contributed by atoms with Gasteiger partial charge in [0, 0.05) is 29.7 Å². The minimum absolute atomic E-state index is 0.112. The first-order valence-electron chi connectivity index (χ1n) is 9.09. The molecule has 0 saturated heterocycles. The number of nitrogens with one attached hydrogen (secondary N) is 3. The predicted molar refractivity (Wildman–Crippen MR) is 111 cm³/mol. The summed E-state index contributed by atoms with van der Waals surface area (Å²) in [5, 5.41) is 14.0. The topological polar surface area (TPSA) is 60.8 Å². The highest BCUT2D eigenvalue weighted by Crippen LogP contribution is 2.36. The Morgan fingerprint density at radius 1 is 1.03 bits per heavy atom. The molecule has 0 fully saturated rings. The fourth-order valence-electron chi connectivity index (χ4n) is 3.12.